The minimum absolute atomic E-state index is 0. The van der Waals surface area contributed by atoms with Crippen LogP contribution in [-0.2, 0) is 12.8 Å². The fourth-order valence-corrected chi connectivity index (χ4v) is 4.28. The van der Waals surface area contributed by atoms with Gasteiger partial charge in [0.25, 0.3) is 0 Å². The molecule has 0 bridgehead atoms. The van der Waals surface area contributed by atoms with Crippen LogP contribution in [0.15, 0.2) is 61.7 Å². The molecule has 0 heterocycles. The van der Waals surface area contributed by atoms with E-state index in [1.807, 2.05) is 0 Å². The van der Waals surface area contributed by atoms with E-state index in [9.17, 15) is 0 Å². The lowest BCUT2D eigenvalue weighted by atomic mass is 10.0. The van der Waals surface area contributed by atoms with Crippen molar-refractivity contribution >= 4 is 0 Å². The Morgan fingerprint density at radius 3 is 1.21 bits per heavy atom. The molecule has 0 saturated carbocycles. The van der Waals surface area contributed by atoms with Crippen molar-refractivity contribution in [3.8, 4) is 11.5 Å². The predicted octanol–water partition coefficient (Wildman–Crippen LogP) is 10.0. The molecule has 0 aliphatic rings. The highest BCUT2D eigenvalue weighted by atomic mass is 16.5. The first-order chi connectivity index (χ1) is 16.3. The smallest absolute Gasteiger partial charge is 0.130 e. The normalized spacial score (nSPS) is 10.2. The largest absolute Gasteiger partial charge is 0.457 e. The van der Waals surface area contributed by atoms with Crippen LogP contribution in [0.3, 0.4) is 0 Å². The van der Waals surface area contributed by atoms with Gasteiger partial charge in [0, 0.05) is 0 Å². The summed E-state index contributed by atoms with van der Waals surface area (Å²) in [6, 6.07) is 17.3. The molecular formula is C32H52O2. The summed E-state index contributed by atoms with van der Waals surface area (Å²) in [4.78, 5) is 0. The van der Waals surface area contributed by atoms with Crippen LogP contribution in [0.2, 0.25) is 0 Å². The molecule has 0 fully saturated rings. The standard InChI is InChI=1S/C30H46O.C2H4.H2O/c1-3-5-7-9-11-13-15-21-27-23-17-19-25-29(27)31-30-26-20-18-24-28(30)22-16-14-12-10-8-6-4-2;1-2;/h17-20,23-26H,3-16,21-22H2,1-2H3;1-2H2;1H2. The molecule has 0 aliphatic heterocycles. The molecule has 2 N–H and O–H groups in total. The average molecular weight is 469 g/mol. The number of aryl methyl sites for hydroxylation is 2. The van der Waals surface area contributed by atoms with Crippen molar-refractivity contribution < 1.29 is 10.2 Å². The van der Waals surface area contributed by atoms with Crippen LogP contribution in [-0.4, -0.2) is 5.48 Å². The number of benzene rings is 2. The van der Waals surface area contributed by atoms with Crippen molar-refractivity contribution in [3.05, 3.63) is 72.8 Å². The average Bonchev–Trinajstić information content (AvgIpc) is 2.86. The Kier molecular flexibility index (Phi) is 21.3. The van der Waals surface area contributed by atoms with E-state index in [-0.39, 0.29) is 5.48 Å². The number of para-hydroxylation sites is 2. The zero-order valence-corrected chi connectivity index (χ0v) is 22.3. The molecule has 0 saturated heterocycles. The van der Waals surface area contributed by atoms with Gasteiger partial charge in [-0.2, -0.15) is 0 Å². The maximum Gasteiger partial charge on any atom is 0.130 e. The van der Waals surface area contributed by atoms with Crippen molar-refractivity contribution in [3.63, 3.8) is 0 Å². The highest BCUT2D eigenvalue weighted by Gasteiger charge is 2.08. The van der Waals surface area contributed by atoms with Crippen LogP contribution >= 0.6 is 0 Å². The lowest BCUT2D eigenvalue weighted by Crippen LogP contribution is -1.96. The number of hydrogen-bond acceptors (Lipinski definition) is 1. The molecule has 0 aromatic heterocycles. The minimum atomic E-state index is 0. The lowest BCUT2D eigenvalue weighted by molar-refractivity contribution is 0.466. The Bertz CT molecular complexity index is 650. The van der Waals surface area contributed by atoms with Gasteiger partial charge in [-0.25, -0.2) is 0 Å². The molecular weight excluding hydrogens is 416 g/mol. The molecule has 2 heteroatoms. The van der Waals surface area contributed by atoms with Gasteiger partial charge < -0.3 is 10.2 Å². The van der Waals surface area contributed by atoms with Crippen molar-refractivity contribution in [1.82, 2.24) is 0 Å². The van der Waals surface area contributed by atoms with Gasteiger partial charge in [0.15, 0.2) is 0 Å². The predicted molar refractivity (Wildman–Crippen MR) is 151 cm³/mol. The van der Waals surface area contributed by atoms with E-state index in [4.69, 9.17) is 4.74 Å². The highest BCUT2D eigenvalue weighted by molar-refractivity contribution is 5.41. The monoisotopic (exact) mass is 468 g/mol. The maximum absolute atomic E-state index is 6.46. The molecule has 0 amide bonds. The van der Waals surface area contributed by atoms with Crippen molar-refractivity contribution in [2.24, 2.45) is 0 Å². The summed E-state index contributed by atoms with van der Waals surface area (Å²) in [5.74, 6) is 2.08. The van der Waals surface area contributed by atoms with E-state index >= 15 is 0 Å². The Labute approximate surface area is 211 Å². The molecule has 2 aromatic rings. The third-order valence-electron chi connectivity index (χ3n) is 6.26. The molecule has 0 atom stereocenters. The number of ether oxygens (including phenoxy) is 1. The summed E-state index contributed by atoms with van der Waals surface area (Å²) in [5.41, 5.74) is 2.70. The summed E-state index contributed by atoms with van der Waals surface area (Å²) >= 11 is 0. The third kappa shape index (κ3) is 14.3. The molecule has 2 aromatic carbocycles. The molecule has 192 valence electrons. The molecule has 0 spiro atoms. The van der Waals surface area contributed by atoms with Gasteiger partial charge in [0.2, 0.25) is 0 Å². The molecule has 2 nitrogen and oxygen atoms in total. The maximum atomic E-state index is 6.46. The molecule has 0 aliphatic carbocycles. The van der Waals surface area contributed by atoms with E-state index in [2.05, 4.69) is 75.5 Å². The van der Waals surface area contributed by atoms with Crippen LogP contribution in [0.1, 0.15) is 115 Å². The third-order valence-corrected chi connectivity index (χ3v) is 6.26. The first-order valence-corrected chi connectivity index (χ1v) is 13.7. The fourth-order valence-electron chi connectivity index (χ4n) is 4.28. The van der Waals surface area contributed by atoms with Gasteiger partial charge in [-0.3, -0.25) is 0 Å². The first kappa shape index (κ1) is 31.9. The molecule has 0 unspecified atom stereocenters. The van der Waals surface area contributed by atoms with Gasteiger partial charge in [0.1, 0.15) is 11.5 Å². The van der Waals surface area contributed by atoms with E-state index in [0.717, 1.165) is 24.3 Å². The van der Waals surface area contributed by atoms with E-state index < -0.39 is 0 Å². The fraction of sp³-hybridized carbons (Fsp3) is 0.562. The van der Waals surface area contributed by atoms with Gasteiger partial charge in [-0.1, -0.05) is 127 Å². The van der Waals surface area contributed by atoms with E-state index in [1.54, 1.807) is 0 Å². The first-order valence-electron chi connectivity index (χ1n) is 13.7. The summed E-state index contributed by atoms with van der Waals surface area (Å²) < 4.78 is 6.46. The number of rotatable bonds is 18. The summed E-state index contributed by atoms with van der Waals surface area (Å²) in [5, 5.41) is 0. The summed E-state index contributed by atoms with van der Waals surface area (Å²) in [6.07, 6.45) is 21.1. The van der Waals surface area contributed by atoms with Gasteiger partial charge in [-0.05, 0) is 48.9 Å². The number of hydrogen-bond donors (Lipinski definition) is 0. The number of unbranched alkanes of at least 4 members (excludes halogenated alkanes) is 12. The SMILES string of the molecule is C=C.CCCCCCCCCc1ccccc1Oc1ccccc1CCCCCCCCC.O. The quantitative estimate of drug-likeness (QED) is 0.158. The Morgan fingerprint density at radius 2 is 0.824 bits per heavy atom. The van der Waals surface area contributed by atoms with E-state index in [0.29, 0.717) is 0 Å². The summed E-state index contributed by atoms with van der Waals surface area (Å²) in [7, 11) is 0. The van der Waals surface area contributed by atoms with E-state index in [1.165, 1.54) is 101 Å². The van der Waals surface area contributed by atoms with Crippen molar-refractivity contribution in [2.45, 2.75) is 117 Å². The van der Waals surface area contributed by atoms with Crippen molar-refractivity contribution in [2.75, 3.05) is 0 Å². The highest BCUT2D eigenvalue weighted by Crippen LogP contribution is 2.30. The molecule has 0 radical (unpaired) electrons. The van der Waals surface area contributed by atoms with Gasteiger partial charge in [0.05, 0.1) is 0 Å². The zero-order chi connectivity index (χ0) is 24.0. The second-order valence-corrected chi connectivity index (χ2v) is 9.06. The van der Waals surface area contributed by atoms with Gasteiger partial charge >= 0.3 is 0 Å². The Morgan fingerprint density at radius 1 is 0.500 bits per heavy atom. The van der Waals surface area contributed by atoms with Gasteiger partial charge in [-0.15, -0.1) is 13.2 Å². The van der Waals surface area contributed by atoms with Crippen LogP contribution in [0.5, 0.6) is 11.5 Å². The Balaban J connectivity index is 0.00000353. The minimum Gasteiger partial charge on any atom is -0.457 e. The second-order valence-electron chi connectivity index (χ2n) is 9.06. The second kappa shape index (κ2) is 22.7. The van der Waals surface area contributed by atoms with Crippen LogP contribution in [0, 0.1) is 0 Å². The topological polar surface area (TPSA) is 40.7 Å². The van der Waals surface area contributed by atoms with Crippen LogP contribution < -0.4 is 4.74 Å². The molecule has 2 rings (SSSR count). The van der Waals surface area contributed by atoms with Crippen molar-refractivity contribution in [1.29, 1.82) is 0 Å². The van der Waals surface area contributed by atoms with Crippen LogP contribution in [0.4, 0.5) is 0 Å². The lowest BCUT2D eigenvalue weighted by Gasteiger charge is -2.14. The van der Waals surface area contributed by atoms with Crippen LogP contribution in [0.25, 0.3) is 0 Å². The summed E-state index contributed by atoms with van der Waals surface area (Å²) in [6.45, 7) is 10.6. The Hall–Kier alpha value is -2.06. The zero-order valence-electron chi connectivity index (χ0n) is 22.3. The molecule has 34 heavy (non-hydrogen) atoms.